The number of rotatable bonds is 7. The number of H-pyrrole nitrogens is 1. The van der Waals surface area contributed by atoms with Crippen LogP contribution in [-0.2, 0) is 17.8 Å². The number of hydrogen-bond acceptors (Lipinski definition) is 2. The molecule has 26 heavy (non-hydrogen) atoms. The van der Waals surface area contributed by atoms with E-state index in [2.05, 4.69) is 42.3 Å². The molecule has 2 aromatic carbocycles. The van der Waals surface area contributed by atoms with Gasteiger partial charge < -0.3 is 16.0 Å². The molecule has 1 amide bonds. The quantitative estimate of drug-likeness (QED) is 0.591. The van der Waals surface area contributed by atoms with E-state index >= 15 is 0 Å². The van der Waals surface area contributed by atoms with Gasteiger partial charge in [-0.15, -0.1) is 0 Å². The number of fused-ring (bicyclic) bond motifs is 1. The van der Waals surface area contributed by atoms with Crippen LogP contribution in [0, 0.1) is 19.8 Å². The molecule has 0 spiro atoms. The molecule has 0 saturated carbocycles. The lowest BCUT2D eigenvalue weighted by Crippen LogP contribution is -2.34. The highest BCUT2D eigenvalue weighted by molar-refractivity contribution is 6.31. The first-order valence-electron chi connectivity index (χ1n) is 8.76. The van der Waals surface area contributed by atoms with Crippen LogP contribution >= 0.6 is 11.6 Å². The van der Waals surface area contributed by atoms with Gasteiger partial charge in [0.05, 0.1) is 5.92 Å². The second kappa shape index (κ2) is 7.94. The van der Waals surface area contributed by atoms with E-state index in [1.807, 2.05) is 24.3 Å². The van der Waals surface area contributed by atoms with Crippen molar-refractivity contribution in [3.8, 4) is 0 Å². The Morgan fingerprint density at radius 2 is 2.00 bits per heavy atom. The molecule has 0 aliphatic heterocycles. The molecule has 0 fully saturated rings. The summed E-state index contributed by atoms with van der Waals surface area (Å²) in [6.45, 7) is 5.37. The van der Waals surface area contributed by atoms with Crippen LogP contribution in [0.1, 0.15) is 22.4 Å². The van der Waals surface area contributed by atoms with Gasteiger partial charge in [-0.05, 0) is 55.2 Å². The third kappa shape index (κ3) is 4.26. The maximum atomic E-state index is 11.8. The number of benzene rings is 2. The van der Waals surface area contributed by atoms with Crippen molar-refractivity contribution >= 4 is 28.4 Å². The molecule has 0 aliphatic rings. The number of nitrogens with one attached hydrogen (secondary N) is 2. The molecular formula is C21H24ClN3O. The monoisotopic (exact) mass is 369 g/mol. The highest BCUT2D eigenvalue weighted by Gasteiger charge is 2.17. The lowest BCUT2D eigenvalue weighted by atomic mass is 9.98. The van der Waals surface area contributed by atoms with E-state index in [1.165, 1.54) is 16.5 Å². The van der Waals surface area contributed by atoms with E-state index < -0.39 is 0 Å². The summed E-state index contributed by atoms with van der Waals surface area (Å²) in [4.78, 5) is 15.3. The smallest absolute Gasteiger partial charge is 0.222 e. The summed E-state index contributed by atoms with van der Waals surface area (Å²) >= 11 is 6.20. The van der Waals surface area contributed by atoms with Gasteiger partial charge in [-0.2, -0.15) is 0 Å². The molecule has 0 saturated heterocycles. The van der Waals surface area contributed by atoms with Crippen molar-refractivity contribution in [2.45, 2.75) is 26.8 Å². The summed E-state index contributed by atoms with van der Waals surface area (Å²) in [7, 11) is 0. The van der Waals surface area contributed by atoms with Gasteiger partial charge in [0.25, 0.3) is 0 Å². The van der Waals surface area contributed by atoms with Gasteiger partial charge in [-0.25, -0.2) is 0 Å². The Morgan fingerprint density at radius 1 is 1.23 bits per heavy atom. The van der Waals surface area contributed by atoms with Crippen LogP contribution in [0.15, 0.2) is 42.5 Å². The van der Waals surface area contributed by atoms with Crippen molar-refractivity contribution in [1.29, 1.82) is 0 Å². The van der Waals surface area contributed by atoms with Crippen LogP contribution < -0.4 is 11.1 Å². The van der Waals surface area contributed by atoms with Crippen LogP contribution in [-0.4, -0.2) is 17.4 Å². The van der Waals surface area contributed by atoms with Crippen LogP contribution in [0.3, 0.4) is 0 Å². The molecule has 1 aromatic heterocycles. The van der Waals surface area contributed by atoms with E-state index in [4.69, 9.17) is 17.3 Å². The topological polar surface area (TPSA) is 70.9 Å². The van der Waals surface area contributed by atoms with Crippen molar-refractivity contribution in [3.63, 3.8) is 0 Å². The predicted octanol–water partition coefficient (Wildman–Crippen LogP) is 3.87. The van der Waals surface area contributed by atoms with Crippen molar-refractivity contribution in [2.24, 2.45) is 11.7 Å². The van der Waals surface area contributed by atoms with Gasteiger partial charge in [-0.1, -0.05) is 35.9 Å². The Kier molecular flexibility index (Phi) is 5.64. The van der Waals surface area contributed by atoms with Crippen LogP contribution in [0.2, 0.25) is 5.02 Å². The third-order valence-electron chi connectivity index (χ3n) is 4.68. The molecule has 4 nitrogen and oxygen atoms in total. The summed E-state index contributed by atoms with van der Waals surface area (Å²) in [5.74, 6) is -0.621. The Bertz CT molecular complexity index is 932. The molecule has 0 bridgehead atoms. The maximum Gasteiger partial charge on any atom is 0.222 e. The Labute approximate surface area is 158 Å². The second-order valence-corrected chi connectivity index (χ2v) is 7.27. The van der Waals surface area contributed by atoms with E-state index in [0.717, 1.165) is 16.8 Å². The molecule has 0 aliphatic carbocycles. The zero-order valence-corrected chi connectivity index (χ0v) is 15.9. The molecule has 136 valence electrons. The number of aryl methyl sites for hydroxylation is 2. The Balaban J connectivity index is 1.64. The third-order valence-corrected chi connectivity index (χ3v) is 5.05. The summed E-state index contributed by atoms with van der Waals surface area (Å²) in [6, 6.07) is 14.0. The number of amides is 1. The largest absolute Gasteiger partial charge is 0.369 e. The van der Waals surface area contributed by atoms with E-state index in [-0.39, 0.29) is 11.8 Å². The van der Waals surface area contributed by atoms with Gasteiger partial charge in [-0.3, -0.25) is 4.79 Å². The number of primary amides is 1. The number of carbonyl (C=O) groups excluding carboxylic acids is 1. The molecule has 5 heteroatoms. The van der Waals surface area contributed by atoms with Gasteiger partial charge in [0.15, 0.2) is 0 Å². The molecule has 1 atom stereocenters. The van der Waals surface area contributed by atoms with E-state index in [1.54, 1.807) is 0 Å². The molecule has 4 N–H and O–H groups in total. The minimum absolute atomic E-state index is 0.303. The molecule has 0 radical (unpaired) electrons. The second-order valence-electron chi connectivity index (χ2n) is 6.86. The number of hydrogen-bond donors (Lipinski definition) is 3. The fourth-order valence-corrected chi connectivity index (χ4v) is 3.55. The average molecular weight is 370 g/mol. The summed E-state index contributed by atoms with van der Waals surface area (Å²) in [6.07, 6.45) is 0.535. The molecular weight excluding hydrogens is 346 g/mol. The van der Waals surface area contributed by atoms with Gasteiger partial charge in [0.1, 0.15) is 0 Å². The lowest BCUT2D eigenvalue weighted by molar-refractivity contribution is -0.121. The summed E-state index contributed by atoms with van der Waals surface area (Å²) in [5.41, 5.74) is 11.3. The minimum atomic E-state index is -0.319. The zero-order valence-electron chi connectivity index (χ0n) is 15.1. The highest BCUT2D eigenvalue weighted by Crippen LogP contribution is 2.22. The SMILES string of the molecule is Cc1cc(C)c2cc(CNCC(Cc3ccccc3Cl)C(N)=O)[nH]c2c1. The minimum Gasteiger partial charge on any atom is -0.369 e. The van der Waals surface area contributed by atoms with Crippen LogP contribution in [0.25, 0.3) is 10.9 Å². The van der Waals surface area contributed by atoms with Gasteiger partial charge in [0.2, 0.25) is 5.91 Å². The molecule has 1 heterocycles. The molecule has 3 aromatic rings. The van der Waals surface area contributed by atoms with Crippen LogP contribution in [0.5, 0.6) is 0 Å². The first-order chi connectivity index (χ1) is 12.4. The van der Waals surface area contributed by atoms with Crippen molar-refractivity contribution in [1.82, 2.24) is 10.3 Å². The fraction of sp³-hybridized carbons (Fsp3) is 0.286. The number of carbonyl (C=O) groups is 1. The van der Waals surface area contributed by atoms with Gasteiger partial charge in [0, 0.05) is 34.7 Å². The number of aromatic amines is 1. The number of nitrogens with two attached hydrogens (primary N) is 1. The summed E-state index contributed by atoms with van der Waals surface area (Å²) < 4.78 is 0. The van der Waals surface area contributed by atoms with Gasteiger partial charge >= 0.3 is 0 Å². The van der Waals surface area contributed by atoms with Crippen molar-refractivity contribution < 1.29 is 4.79 Å². The number of aromatic nitrogens is 1. The first-order valence-corrected chi connectivity index (χ1v) is 9.14. The fourth-order valence-electron chi connectivity index (χ4n) is 3.34. The molecule has 1 unspecified atom stereocenters. The number of halogens is 1. The summed E-state index contributed by atoms with van der Waals surface area (Å²) in [5, 5.41) is 5.24. The maximum absolute atomic E-state index is 11.8. The molecule has 3 rings (SSSR count). The standard InChI is InChI=1S/C21H24ClN3O/c1-13-7-14(2)18-10-17(25-20(18)8-13)12-24-11-16(21(23)26)9-15-5-3-4-6-19(15)22/h3-8,10,16,24-25H,9,11-12H2,1-2H3,(H2,23,26). The highest BCUT2D eigenvalue weighted by atomic mass is 35.5. The van der Waals surface area contributed by atoms with Crippen LogP contribution in [0.4, 0.5) is 0 Å². The Morgan fingerprint density at radius 3 is 2.73 bits per heavy atom. The van der Waals surface area contributed by atoms with Crippen molar-refractivity contribution in [3.05, 3.63) is 69.9 Å². The lowest BCUT2D eigenvalue weighted by Gasteiger charge is -2.15. The predicted molar refractivity (Wildman–Crippen MR) is 107 cm³/mol. The van der Waals surface area contributed by atoms with Crippen molar-refractivity contribution in [2.75, 3.05) is 6.54 Å². The average Bonchev–Trinajstić information content (AvgIpc) is 2.98. The Hall–Kier alpha value is -2.30. The van der Waals surface area contributed by atoms with E-state index in [0.29, 0.717) is 24.5 Å². The normalized spacial score (nSPS) is 12.4. The first kappa shape index (κ1) is 18.5. The van der Waals surface area contributed by atoms with E-state index in [9.17, 15) is 4.79 Å². The zero-order chi connectivity index (χ0) is 18.7.